The summed E-state index contributed by atoms with van der Waals surface area (Å²) in [6, 6.07) is 20.6. The zero-order valence-corrected chi connectivity index (χ0v) is 16.9. The molecule has 0 radical (unpaired) electrons. The Morgan fingerprint density at radius 2 is 1.70 bits per heavy atom. The van der Waals surface area contributed by atoms with Crippen molar-refractivity contribution in [3.8, 4) is 23.0 Å². The van der Waals surface area contributed by atoms with E-state index in [0.717, 1.165) is 40.7 Å². The van der Waals surface area contributed by atoms with Gasteiger partial charge in [0.2, 0.25) is 0 Å². The number of fused-ring (bicyclic) bond motifs is 5. The van der Waals surface area contributed by atoms with Gasteiger partial charge < -0.3 is 23.8 Å². The zero-order chi connectivity index (χ0) is 20.1. The molecule has 3 aliphatic heterocycles. The molecule has 1 atom stereocenters. The Kier molecular flexibility index (Phi) is 3.85. The summed E-state index contributed by atoms with van der Waals surface area (Å²) in [5.74, 6) is 3.34. The average molecular weight is 401 g/mol. The molecule has 5 nitrogen and oxygen atoms in total. The van der Waals surface area contributed by atoms with Crippen molar-refractivity contribution in [3.63, 3.8) is 0 Å². The van der Waals surface area contributed by atoms with Crippen LogP contribution in [0.1, 0.15) is 16.7 Å². The van der Waals surface area contributed by atoms with Crippen LogP contribution in [0.5, 0.6) is 23.0 Å². The summed E-state index contributed by atoms with van der Waals surface area (Å²) >= 11 is 0. The van der Waals surface area contributed by atoms with Gasteiger partial charge in [0.15, 0.2) is 11.5 Å². The zero-order valence-electron chi connectivity index (χ0n) is 16.9. The molecule has 6 rings (SSSR count). The molecule has 3 aromatic carbocycles. The van der Waals surface area contributed by atoms with E-state index in [2.05, 4.69) is 48.3 Å². The second-order valence-corrected chi connectivity index (χ2v) is 8.14. The lowest BCUT2D eigenvalue weighted by Crippen LogP contribution is -2.35. The lowest BCUT2D eigenvalue weighted by molar-refractivity contribution is 0.171. The second-order valence-electron chi connectivity index (χ2n) is 8.14. The fourth-order valence-electron chi connectivity index (χ4n) is 4.92. The van der Waals surface area contributed by atoms with E-state index in [1.807, 2.05) is 24.3 Å². The Morgan fingerprint density at radius 3 is 2.53 bits per heavy atom. The van der Waals surface area contributed by atoms with E-state index in [1.54, 1.807) is 0 Å². The Morgan fingerprint density at radius 1 is 0.900 bits per heavy atom. The molecule has 0 amide bonds. The van der Waals surface area contributed by atoms with Gasteiger partial charge in [-0.2, -0.15) is 0 Å². The van der Waals surface area contributed by atoms with Crippen molar-refractivity contribution < 1.29 is 18.9 Å². The summed E-state index contributed by atoms with van der Waals surface area (Å²) < 4.78 is 24.2. The minimum absolute atomic E-state index is 0.289. The molecular weight excluding hydrogens is 378 g/mol. The predicted octanol–water partition coefficient (Wildman–Crippen LogP) is 4.17. The van der Waals surface area contributed by atoms with Gasteiger partial charge in [-0.1, -0.05) is 36.4 Å². The number of nitrogens with zero attached hydrogens (tertiary/aromatic N) is 1. The van der Waals surface area contributed by atoms with E-state index in [1.165, 1.54) is 11.3 Å². The highest BCUT2D eigenvalue weighted by atomic mass is 16.6. The minimum Gasteiger partial charge on any atom is -0.492 e. The maximum Gasteiger partial charge on any atom is 0.165 e. The number of ether oxygens (including phenoxy) is 4. The van der Waals surface area contributed by atoms with Crippen LogP contribution in [0.25, 0.3) is 0 Å². The first-order chi connectivity index (χ1) is 14.7. The van der Waals surface area contributed by atoms with Crippen molar-refractivity contribution in [3.05, 3.63) is 77.4 Å². The quantitative estimate of drug-likeness (QED) is 0.659. The topological polar surface area (TPSA) is 40.2 Å². The summed E-state index contributed by atoms with van der Waals surface area (Å²) in [6.45, 7) is 3.09. The van der Waals surface area contributed by atoms with Crippen LogP contribution in [-0.4, -0.2) is 33.4 Å². The van der Waals surface area contributed by atoms with Crippen molar-refractivity contribution in [1.82, 2.24) is 0 Å². The third kappa shape index (κ3) is 2.54. The van der Waals surface area contributed by atoms with Gasteiger partial charge in [0.05, 0.1) is 5.41 Å². The van der Waals surface area contributed by atoms with Crippen LogP contribution in [0.4, 0.5) is 5.69 Å². The summed E-state index contributed by atoms with van der Waals surface area (Å²) in [4.78, 5) is 2.29. The van der Waals surface area contributed by atoms with Crippen molar-refractivity contribution in [2.45, 2.75) is 12.0 Å². The minimum atomic E-state index is -0.289. The van der Waals surface area contributed by atoms with Gasteiger partial charge in [-0.25, -0.2) is 0 Å². The van der Waals surface area contributed by atoms with Gasteiger partial charge in [-0.15, -0.1) is 0 Å². The van der Waals surface area contributed by atoms with Gasteiger partial charge in [0, 0.05) is 36.5 Å². The maximum absolute atomic E-state index is 6.36. The van der Waals surface area contributed by atoms with E-state index in [-0.39, 0.29) is 5.41 Å². The molecule has 1 unspecified atom stereocenters. The Bertz CT molecular complexity index is 1110. The smallest absolute Gasteiger partial charge is 0.165 e. The number of likely N-dealkylation sites (N-methyl/N-ethyl adjacent to an activating group) is 1. The standard InChI is InChI=1S/C25H23NO4/c1-26-15-25(16-30-21-13-23-22(12-18(21)25)27-10-11-28-23)24-19(26)8-5-9-20(24)29-14-17-6-3-2-4-7-17/h2-9,12-13H,10-11,14-16H2,1H3. The van der Waals surface area contributed by atoms with Crippen LogP contribution in [0.3, 0.4) is 0 Å². The van der Waals surface area contributed by atoms with Gasteiger partial charge in [-0.05, 0) is 23.8 Å². The van der Waals surface area contributed by atoms with Crippen molar-refractivity contribution in [1.29, 1.82) is 0 Å². The molecule has 152 valence electrons. The molecule has 0 bridgehead atoms. The first-order valence-electron chi connectivity index (χ1n) is 10.3. The Balaban J connectivity index is 1.44. The molecule has 0 saturated heterocycles. The lowest BCUT2D eigenvalue weighted by atomic mass is 9.77. The summed E-state index contributed by atoms with van der Waals surface area (Å²) in [5.41, 5.74) is 4.39. The summed E-state index contributed by atoms with van der Waals surface area (Å²) in [7, 11) is 2.13. The fraction of sp³-hybridized carbons (Fsp3) is 0.280. The molecule has 0 saturated carbocycles. The molecule has 0 N–H and O–H groups in total. The molecule has 30 heavy (non-hydrogen) atoms. The fourth-order valence-corrected chi connectivity index (χ4v) is 4.92. The maximum atomic E-state index is 6.36. The largest absolute Gasteiger partial charge is 0.492 e. The van der Waals surface area contributed by atoms with Crippen LogP contribution in [0.2, 0.25) is 0 Å². The van der Waals surface area contributed by atoms with E-state index in [0.29, 0.717) is 26.4 Å². The highest BCUT2D eigenvalue weighted by Gasteiger charge is 2.51. The first kappa shape index (κ1) is 17.5. The molecule has 3 heterocycles. The first-order valence-corrected chi connectivity index (χ1v) is 10.3. The van der Waals surface area contributed by atoms with Crippen molar-refractivity contribution in [2.75, 3.05) is 38.3 Å². The Labute approximate surface area is 175 Å². The molecule has 0 fully saturated rings. The number of anilines is 1. The predicted molar refractivity (Wildman–Crippen MR) is 114 cm³/mol. The Hall–Kier alpha value is -3.34. The molecule has 3 aromatic rings. The third-order valence-corrected chi connectivity index (χ3v) is 6.27. The third-order valence-electron chi connectivity index (χ3n) is 6.27. The highest BCUT2D eigenvalue weighted by Crippen LogP contribution is 2.56. The van der Waals surface area contributed by atoms with Crippen molar-refractivity contribution in [2.24, 2.45) is 0 Å². The molecule has 5 heteroatoms. The number of hydrogen-bond acceptors (Lipinski definition) is 5. The van der Waals surface area contributed by atoms with E-state index >= 15 is 0 Å². The number of hydrogen-bond donors (Lipinski definition) is 0. The summed E-state index contributed by atoms with van der Waals surface area (Å²) in [5, 5.41) is 0. The lowest BCUT2D eigenvalue weighted by Gasteiger charge is -2.26. The highest BCUT2D eigenvalue weighted by molar-refractivity contribution is 5.74. The van der Waals surface area contributed by atoms with Gasteiger partial charge in [0.1, 0.15) is 37.9 Å². The van der Waals surface area contributed by atoms with Gasteiger partial charge in [-0.3, -0.25) is 0 Å². The molecule has 0 aliphatic carbocycles. The molecule has 3 aliphatic rings. The van der Waals surface area contributed by atoms with Crippen LogP contribution < -0.4 is 23.8 Å². The van der Waals surface area contributed by atoms with Crippen LogP contribution in [-0.2, 0) is 12.0 Å². The van der Waals surface area contributed by atoms with E-state index in [9.17, 15) is 0 Å². The normalized spacial score (nSPS) is 20.6. The molecule has 1 spiro atoms. The summed E-state index contributed by atoms with van der Waals surface area (Å²) in [6.07, 6.45) is 0. The average Bonchev–Trinajstić information content (AvgIpc) is 3.29. The van der Waals surface area contributed by atoms with Crippen LogP contribution in [0, 0.1) is 0 Å². The van der Waals surface area contributed by atoms with Crippen LogP contribution >= 0.6 is 0 Å². The van der Waals surface area contributed by atoms with E-state index < -0.39 is 0 Å². The SMILES string of the molecule is CN1CC2(COc3cc4c(cc32)OCCO4)c2c(OCc3ccccc3)cccc21. The van der Waals surface area contributed by atoms with Gasteiger partial charge >= 0.3 is 0 Å². The van der Waals surface area contributed by atoms with Crippen molar-refractivity contribution >= 4 is 5.69 Å². The van der Waals surface area contributed by atoms with E-state index in [4.69, 9.17) is 18.9 Å². The van der Waals surface area contributed by atoms with Crippen LogP contribution in [0.15, 0.2) is 60.7 Å². The number of rotatable bonds is 3. The second kappa shape index (κ2) is 6.59. The molecule has 0 aromatic heterocycles. The van der Waals surface area contributed by atoms with Gasteiger partial charge in [0.25, 0.3) is 0 Å². The monoisotopic (exact) mass is 401 g/mol. The molecular formula is C25H23NO4. The number of benzene rings is 3.